The number of phenols is 2. The normalized spacial score (nSPS) is 11.1. The Morgan fingerprint density at radius 3 is 2.58 bits per heavy atom. The molecule has 19 heavy (non-hydrogen) atoms. The van der Waals surface area contributed by atoms with E-state index in [4.69, 9.17) is 9.84 Å². The molecule has 0 unspecified atom stereocenters. The van der Waals surface area contributed by atoms with Crippen LogP contribution in [0.5, 0.6) is 11.5 Å². The van der Waals surface area contributed by atoms with Gasteiger partial charge in [0.1, 0.15) is 17.1 Å². The third-order valence-corrected chi connectivity index (χ3v) is 2.73. The summed E-state index contributed by atoms with van der Waals surface area (Å²) in [5.41, 5.74) is 0.0188. The summed E-state index contributed by atoms with van der Waals surface area (Å²) in [7, 11) is 0. The lowest BCUT2D eigenvalue weighted by Gasteiger charge is -2.14. The van der Waals surface area contributed by atoms with E-state index in [2.05, 4.69) is 18.7 Å². The molecule has 0 bridgehead atoms. The van der Waals surface area contributed by atoms with Crippen LogP contribution in [-0.2, 0) is 4.74 Å². The summed E-state index contributed by atoms with van der Waals surface area (Å²) in [6, 6.07) is 3.72. The fourth-order valence-electron chi connectivity index (χ4n) is 1.54. The Labute approximate surface area is 112 Å². The molecule has 104 valence electrons. The Morgan fingerprint density at radius 1 is 1.32 bits per heavy atom. The predicted octanol–water partition coefficient (Wildman–Crippen LogP) is 2.11. The van der Waals surface area contributed by atoms with Gasteiger partial charge < -0.3 is 19.8 Å². The molecule has 0 saturated heterocycles. The van der Waals surface area contributed by atoms with Crippen LogP contribution in [0.15, 0.2) is 30.5 Å². The zero-order valence-electron chi connectivity index (χ0n) is 11.2. The van der Waals surface area contributed by atoms with E-state index >= 15 is 0 Å². The van der Waals surface area contributed by atoms with Crippen LogP contribution in [-0.4, -0.2) is 40.7 Å². The Hall–Kier alpha value is -2.01. The fraction of sp³-hybridized carbons (Fsp3) is 0.357. The van der Waals surface area contributed by atoms with Crippen LogP contribution in [0.2, 0.25) is 0 Å². The van der Waals surface area contributed by atoms with Gasteiger partial charge in [0.05, 0.1) is 6.26 Å². The Kier molecular flexibility index (Phi) is 5.89. The quantitative estimate of drug-likeness (QED) is 0.609. The molecule has 0 radical (unpaired) electrons. The van der Waals surface area contributed by atoms with E-state index in [0.717, 1.165) is 19.2 Å². The Bertz CT molecular complexity index is 453. The van der Waals surface area contributed by atoms with E-state index in [-0.39, 0.29) is 17.1 Å². The minimum atomic E-state index is -0.659. The number of esters is 1. The number of aromatic hydroxyl groups is 2. The number of carbonyl (C=O) groups is 1. The molecule has 1 aromatic carbocycles. The molecule has 1 aromatic rings. The van der Waals surface area contributed by atoms with Gasteiger partial charge in [-0.2, -0.15) is 0 Å². The summed E-state index contributed by atoms with van der Waals surface area (Å²) in [6.07, 6.45) is 3.05. The van der Waals surface area contributed by atoms with E-state index < -0.39 is 5.97 Å². The van der Waals surface area contributed by atoms with Crippen molar-refractivity contribution in [1.82, 2.24) is 4.90 Å². The zero-order valence-corrected chi connectivity index (χ0v) is 11.2. The highest BCUT2D eigenvalue weighted by molar-refractivity contribution is 5.92. The van der Waals surface area contributed by atoms with Gasteiger partial charge in [-0.3, -0.25) is 0 Å². The average Bonchev–Trinajstić information content (AvgIpc) is 2.38. The smallest absolute Gasteiger partial charge is 0.346 e. The SMILES string of the molecule is CCN(CC)C/C=C/OC(=O)c1ccc(O)cc1O. The second-order valence-electron chi connectivity index (χ2n) is 3.96. The van der Waals surface area contributed by atoms with Crippen LogP contribution < -0.4 is 0 Å². The van der Waals surface area contributed by atoms with Gasteiger partial charge >= 0.3 is 5.97 Å². The van der Waals surface area contributed by atoms with Crippen LogP contribution in [0.3, 0.4) is 0 Å². The number of rotatable bonds is 6. The number of benzene rings is 1. The summed E-state index contributed by atoms with van der Waals surface area (Å²) < 4.78 is 4.90. The molecule has 0 aliphatic heterocycles. The van der Waals surface area contributed by atoms with Crippen molar-refractivity contribution in [3.8, 4) is 11.5 Å². The molecule has 5 nitrogen and oxygen atoms in total. The first-order valence-electron chi connectivity index (χ1n) is 6.18. The highest BCUT2D eigenvalue weighted by atomic mass is 16.5. The number of likely N-dealkylation sites (N-methyl/N-ethyl adjacent to an activating group) is 1. The van der Waals surface area contributed by atoms with E-state index in [1.807, 2.05) is 0 Å². The lowest BCUT2D eigenvalue weighted by atomic mass is 10.2. The maximum absolute atomic E-state index is 11.6. The summed E-state index contributed by atoms with van der Waals surface area (Å²) in [4.78, 5) is 13.8. The molecule has 0 aromatic heterocycles. The van der Waals surface area contributed by atoms with Crippen molar-refractivity contribution >= 4 is 5.97 Å². The van der Waals surface area contributed by atoms with Crippen molar-refractivity contribution in [2.75, 3.05) is 19.6 Å². The maximum atomic E-state index is 11.6. The van der Waals surface area contributed by atoms with Crippen molar-refractivity contribution < 1.29 is 19.7 Å². The van der Waals surface area contributed by atoms with E-state index in [0.29, 0.717) is 6.54 Å². The van der Waals surface area contributed by atoms with Gasteiger partial charge in [0.25, 0.3) is 0 Å². The molecule has 0 saturated carbocycles. The minimum Gasteiger partial charge on any atom is -0.508 e. The van der Waals surface area contributed by atoms with Gasteiger partial charge in [-0.25, -0.2) is 4.79 Å². The standard InChI is InChI=1S/C14H19NO4/c1-3-15(4-2)8-5-9-19-14(18)12-7-6-11(16)10-13(12)17/h5-7,9-10,16-17H,3-4,8H2,1-2H3/b9-5+. The lowest BCUT2D eigenvalue weighted by Crippen LogP contribution is -2.22. The van der Waals surface area contributed by atoms with Crippen LogP contribution in [0, 0.1) is 0 Å². The molecule has 2 N–H and O–H groups in total. The lowest BCUT2D eigenvalue weighted by molar-refractivity contribution is 0.0658. The topological polar surface area (TPSA) is 70.0 Å². The third-order valence-electron chi connectivity index (χ3n) is 2.73. The fourth-order valence-corrected chi connectivity index (χ4v) is 1.54. The monoisotopic (exact) mass is 265 g/mol. The summed E-state index contributed by atoms with van der Waals surface area (Å²) >= 11 is 0. The summed E-state index contributed by atoms with van der Waals surface area (Å²) in [5, 5.41) is 18.6. The highest BCUT2D eigenvalue weighted by Gasteiger charge is 2.11. The van der Waals surface area contributed by atoms with Gasteiger partial charge in [0.2, 0.25) is 0 Å². The first kappa shape index (κ1) is 15.0. The predicted molar refractivity (Wildman–Crippen MR) is 72.1 cm³/mol. The molecule has 0 aliphatic carbocycles. The molecule has 0 spiro atoms. The van der Waals surface area contributed by atoms with Crippen LogP contribution in [0.1, 0.15) is 24.2 Å². The van der Waals surface area contributed by atoms with Gasteiger partial charge in [0, 0.05) is 12.6 Å². The maximum Gasteiger partial charge on any atom is 0.346 e. The summed E-state index contributed by atoms with van der Waals surface area (Å²) in [6.45, 7) is 6.65. The third kappa shape index (κ3) is 4.63. The van der Waals surface area contributed by atoms with Crippen molar-refractivity contribution in [1.29, 1.82) is 0 Å². The zero-order chi connectivity index (χ0) is 14.3. The van der Waals surface area contributed by atoms with Gasteiger partial charge in [-0.1, -0.05) is 13.8 Å². The van der Waals surface area contributed by atoms with Gasteiger partial charge in [0.15, 0.2) is 0 Å². The van der Waals surface area contributed by atoms with E-state index in [1.165, 1.54) is 18.4 Å². The first-order valence-corrected chi connectivity index (χ1v) is 6.18. The molecule has 0 heterocycles. The second kappa shape index (κ2) is 7.43. The average molecular weight is 265 g/mol. The molecule has 0 aliphatic rings. The van der Waals surface area contributed by atoms with Crippen molar-refractivity contribution in [3.63, 3.8) is 0 Å². The molecule has 0 fully saturated rings. The van der Waals surface area contributed by atoms with Crippen molar-refractivity contribution in [2.45, 2.75) is 13.8 Å². The second-order valence-corrected chi connectivity index (χ2v) is 3.96. The molecule has 1 rings (SSSR count). The number of phenolic OH excluding ortho intramolecular Hbond substituents is 2. The first-order chi connectivity index (χ1) is 9.08. The van der Waals surface area contributed by atoms with Crippen LogP contribution in [0.25, 0.3) is 0 Å². The molecular weight excluding hydrogens is 246 g/mol. The largest absolute Gasteiger partial charge is 0.508 e. The summed E-state index contributed by atoms with van der Waals surface area (Å²) in [5.74, 6) is -1.07. The molecule has 5 heteroatoms. The van der Waals surface area contributed by atoms with Gasteiger partial charge in [-0.05, 0) is 31.3 Å². The Morgan fingerprint density at radius 2 is 2.00 bits per heavy atom. The number of ether oxygens (including phenoxy) is 1. The van der Waals surface area contributed by atoms with Gasteiger partial charge in [-0.15, -0.1) is 0 Å². The number of carbonyl (C=O) groups excluding carboxylic acids is 1. The van der Waals surface area contributed by atoms with Crippen LogP contribution >= 0.6 is 0 Å². The number of hydrogen-bond acceptors (Lipinski definition) is 5. The van der Waals surface area contributed by atoms with Crippen molar-refractivity contribution in [3.05, 3.63) is 36.1 Å². The molecule has 0 atom stereocenters. The van der Waals surface area contributed by atoms with Crippen molar-refractivity contribution in [2.24, 2.45) is 0 Å². The van der Waals surface area contributed by atoms with Crippen LogP contribution in [0.4, 0.5) is 0 Å². The van der Waals surface area contributed by atoms with E-state index in [1.54, 1.807) is 6.08 Å². The number of hydrogen-bond donors (Lipinski definition) is 2. The highest BCUT2D eigenvalue weighted by Crippen LogP contribution is 2.23. The molecule has 0 amide bonds. The van der Waals surface area contributed by atoms with E-state index in [9.17, 15) is 9.90 Å². The number of nitrogens with zero attached hydrogens (tertiary/aromatic N) is 1. The minimum absolute atomic E-state index is 0.0188. The Balaban J connectivity index is 2.53. The molecular formula is C14H19NO4.